The van der Waals surface area contributed by atoms with Crippen molar-refractivity contribution in [1.82, 2.24) is 5.32 Å². The second-order valence-corrected chi connectivity index (χ2v) is 12.3. The molecule has 0 aromatic carbocycles. The molecule has 0 saturated heterocycles. The fourth-order valence-corrected chi connectivity index (χ4v) is 5.13. The van der Waals surface area contributed by atoms with Gasteiger partial charge < -0.3 is 15.5 Å². The third-order valence-electron chi connectivity index (χ3n) is 8.01. The summed E-state index contributed by atoms with van der Waals surface area (Å²) in [6.07, 6.45) is 46.2. The van der Waals surface area contributed by atoms with E-state index in [0.29, 0.717) is 6.42 Å². The maximum Gasteiger partial charge on any atom is 0.220 e. The second-order valence-electron chi connectivity index (χ2n) is 12.3. The van der Waals surface area contributed by atoms with Crippen molar-refractivity contribution < 1.29 is 15.0 Å². The van der Waals surface area contributed by atoms with Crippen molar-refractivity contribution in [1.29, 1.82) is 0 Å². The van der Waals surface area contributed by atoms with Crippen LogP contribution >= 0.6 is 0 Å². The highest BCUT2D eigenvalue weighted by Crippen LogP contribution is 2.13. The molecule has 4 heteroatoms. The number of hydrogen-bond donors (Lipinski definition) is 3. The van der Waals surface area contributed by atoms with Crippen LogP contribution in [-0.2, 0) is 4.79 Å². The molecule has 0 radical (unpaired) electrons. The molecular weight excluding hydrogens is 530 g/mol. The van der Waals surface area contributed by atoms with E-state index < -0.39 is 12.1 Å². The monoisotopic (exact) mass is 602 g/mol. The Hall–Kier alpha value is -1.65. The minimum atomic E-state index is -0.868. The minimum absolute atomic E-state index is 0.0841. The van der Waals surface area contributed by atoms with Gasteiger partial charge in [-0.3, -0.25) is 4.79 Å². The first-order valence-corrected chi connectivity index (χ1v) is 18.4. The molecule has 250 valence electrons. The lowest BCUT2D eigenvalue weighted by atomic mass is 10.0. The number of carbonyl (C=O) groups excluding carboxylic acids is 1. The molecular formula is C39H71NO3. The van der Waals surface area contributed by atoms with Gasteiger partial charge in [-0.05, 0) is 64.2 Å². The van der Waals surface area contributed by atoms with Crippen LogP contribution in [0.2, 0.25) is 0 Å². The van der Waals surface area contributed by atoms with Gasteiger partial charge in [0, 0.05) is 6.42 Å². The molecule has 0 aromatic rings. The van der Waals surface area contributed by atoms with E-state index in [1.54, 1.807) is 6.08 Å². The SMILES string of the molecule is CCCC/C=C/CC/C=C/CC/C=C/C(O)C(CO)NC(=O)CCCCCCCCCCC/C=C\CCCCCCCC. The number of aliphatic hydroxyl groups is 2. The van der Waals surface area contributed by atoms with Gasteiger partial charge in [0.2, 0.25) is 5.91 Å². The lowest BCUT2D eigenvalue weighted by Gasteiger charge is -2.19. The molecule has 0 aliphatic rings. The first-order chi connectivity index (χ1) is 21.2. The number of aliphatic hydroxyl groups excluding tert-OH is 2. The molecule has 4 nitrogen and oxygen atoms in total. The van der Waals surface area contributed by atoms with Gasteiger partial charge in [0.25, 0.3) is 0 Å². The van der Waals surface area contributed by atoms with E-state index in [0.717, 1.165) is 38.5 Å². The summed E-state index contributed by atoms with van der Waals surface area (Å²) in [6.45, 7) is 4.22. The largest absolute Gasteiger partial charge is 0.394 e. The van der Waals surface area contributed by atoms with Crippen LogP contribution in [0.3, 0.4) is 0 Å². The number of unbranched alkanes of at least 4 members (excludes halogenated alkanes) is 19. The lowest BCUT2D eigenvalue weighted by Crippen LogP contribution is -2.45. The predicted octanol–water partition coefficient (Wildman–Crippen LogP) is 10.8. The summed E-state index contributed by atoms with van der Waals surface area (Å²) in [5.41, 5.74) is 0. The molecule has 0 fully saturated rings. The minimum Gasteiger partial charge on any atom is -0.394 e. The number of rotatable bonds is 32. The molecule has 0 spiro atoms. The van der Waals surface area contributed by atoms with Crippen LogP contribution in [0.4, 0.5) is 0 Å². The van der Waals surface area contributed by atoms with Crippen molar-refractivity contribution in [3.63, 3.8) is 0 Å². The van der Waals surface area contributed by atoms with E-state index in [2.05, 4.69) is 55.6 Å². The van der Waals surface area contributed by atoms with Crippen molar-refractivity contribution in [3.8, 4) is 0 Å². The molecule has 1 amide bonds. The molecule has 2 atom stereocenters. The highest BCUT2D eigenvalue weighted by Gasteiger charge is 2.17. The molecule has 0 bridgehead atoms. The van der Waals surface area contributed by atoms with Gasteiger partial charge in [-0.2, -0.15) is 0 Å². The Kier molecular flexibility index (Phi) is 33.5. The second kappa shape index (κ2) is 34.8. The average Bonchev–Trinajstić information content (AvgIpc) is 3.01. The fourth-order valence-electron chi connectivity index (χ4n) is 5.13. The van der Waals surface area contributed by atoms with Crippen LogP contribution in [0.15, 0.2) is 48.6 Å². The zero-order valence-corrected chi connectivity index (χ0v) is 28.5. The van der Waals surface area contributed by atoms with Crippen molar-refractivity contribution in [2.75, 3.05) is 6.61 Å². The zero-order chi connectivity index (χ0) is 31.5. The van der Waals surface area contributed by atoms with Crippen LogP contribution in [0, 0.1) is 0 Å². The summed E-state index contributed by atoms with van der Waals surface area (Å²) < 4.78 is 0. The predicted molar refractivity (Wildman–Crippen MR) is 188 cm³/mol. The van der Waals surface area contributed by atoms with Gasteiger partial charge in [-0.1, -0.05) is 152 Å². The van der Waals surface area contributed by atoms with Gasteiger partial charge in [0.15, 0.2) is 0 Å². The summed E-state index contributed by atoms with van der Waals surface area (Å²) in [4.78, 5) is 12.3. The quantitative estimate of drug-likeness (QED) is 0.0530. The van der Waals surface area contributed by atoms with Crippen LogP contribution in [0.5, 0.6) is 0 Å². The van der Waals surface area contributed by atoms with E-state index in [1.807, 2.05) is 6.08 Å². The Morgan fingerprint density at radius 3 is 1.42 bits per heavy atom. The summed E-state index contributed by atoms with van der Waals surface area (Å²) in [5, 5.41) is 22.8. The average molecular weight is 602 g/mol. The molecule has 0 aliphatic carbocycles. The van der Waals surface area contributed by atoms with Crippen molar-refractivity contribution in [2.45, 2.75) is 187 Å². The molecule has 0 heterocycles. The summed E-state index contributed by atoms with van der Waals surface area (Å²) >= 11 is 0. The highest BCUT2D eigenvalue weighted by molar-refractivity contribution is 5.76. The van der Waals surface area contributed by atoms with E-state index >= 15 is 0 Å². The number of amides is 1. The van der Waals surface area contributed by atoms with Crippen LogP contribution < -0.4 is 5.32 Å². The smallest absolute Gasteiger partial charge is 0.220 e. The van der Waals surface area contributed by atoms with Crippen molar-refractivity contribution >= 4 is 5.91 Å². The normalized spacial score (nSPS) is 13.7. The third-order valence-corrected chi connectivity index (χ3v) is 8.01. The summed E-state index contributed by atoms with van der Waals surface area (Å²) in [6, 6.07) is -0.644. The van der Waals surface area contributed by atoms with Gasteiger partial charge in [0.1, 0.15) is 0 Å². The first-order valence-electron chi connectivity index (χ1n) is 18.4. The molecule has 0 aromatic heterocycles. The van der Waals surface area contributed by atoms with Crippen LogP contribution in [-0.4, -0.2) is 34.9 Å². The zero-order valence-electron chi connectivity index (χ0n) is 28.5. The highest BCUT2D eigenvalue weighted by atomic mass is 16.3. The molecule has 0 rings (SSSR count). The number of carbonyl (C=O) groups is 1. The molecule has 0 aliphatic heterocycles. The van der Waals surface area contributed by atoms with E-state index in [9.17, 15) is 15.0 Å². The lowest BCUT2D eigenvalue weighted by molar-refractivity contribution is -0.123. The van der Waals surface area contributed by atoms with E-state index in [1.165, 1.54) is 116 Å². The Labute approximate surface area is 267 Å². The number of allylic oxidation sites excluding steroid dienone is 7. The molecule has 3 N–H and O–H groups in total. The Balaban J connectivity index is 3.66. The molecule has 0 saturated carbocycles. The summed E-state index contributed by atoms with van der Waals surface area (Å²) in [7, 11) is 0. The van der Waals surface area contributed by atoms with Gasteiger partial charge in [-0.15, -0.1) is 0 Å². The maximum absolute atomic E-state index is 12.3. The van der Waals surface area contributed by atoms with Crippen LogP contribution in [0.1, 0.15) is 174 Å². The Morgan fingerprint density at radius 1 is 0.535 bits per heavy atom. The number of hydrogen-bond acceptors (Lipinski definition) is 3. The van der Waals surface area contributed by atoms with E-state index in [4.69, 9.17) is 0 Å². The molecule has 43 heavy (non-hydrogen) atoms. The van der Waals surface area contributed by atoms with Crippen LogP contribution in [0.25, 0.3) is 0 Å². The Bertz CT molecular complexity index is 697. The molecule has 2 unspecified atom stereocenters. The van der Waals surface area contributed by atoms with Gasteiger partial charge in [0.05, 0.1) is 18.8 Å². The Morgan fingerprint density at radius 2 is 0.930 bits per heavy atom. The first kappa shape index (κ1) is 41.4. The van der Waals surface area contributed by atoms with E-state index in [-0.39, 0.29) is 12.5 Å². The number of nitrogens with one attached hydrogen (secondary N) is 1. The van der Waals surface area contributed by atoms with Crippen molar-refractivity contribution in [3.05, 3.63) is 48.6 Å². The third kappa shape index (κ3) is 31.6. The summed E-state index contributed by atoms with van der Waals surface area (Å²) in [5.74, 6) is -0.0841. The standard InChI is InChI=1S/C39H71NO3/c1-3-5-7-9-11-13-15-17-18-19-20-21-22-23-25-27-29-31-33-35-39(43)40-37(36-41)38(42)34-32-30-28-26-24-16-14-12-10-8-6-4-2/h10,12,17-18,24,26,32,34,37-38,41-42H,3-9,11,13-16,19-23,25,27-31,33,35-36H2,1-2H3,(H,40,43)/b12-10+,18-17-,26-24+,34-32+. The maximum atomic E-state index is 12.3. The van der Waals surface area contributed by atoms with Crippen molar-refractivity contribution in [2.24, 2.45) is 0 Å². The van der Waals surface area contributed by atoms with Gasteiger partial charge >= 0.3 is 0 Å². The topological polar surface area (TPSA) is 69.6 Å². The fraction of sp³-hybridized carbons (Fsp3) is 0.769. The van der Waals surface area contributed by atoms with Gasteiger partial charge in [-0.25, -0.2) is 0 Å².